The van der Waals surface area contributed by atoms with Crippen LogP contribution in [0.5, 0.6) is 0 Å². The molecule has 0 aliphatic heterocycles. The van der Waals surface area contributed by atoms with Crippen LogP contribution in [-0.2, 0) is 7.05 Å². The Morgan fingerprint density at radius 2 is 2.42 bits per heavy atom. The summed E-state index contributed by atoms with van der Waals surface area (Å²) in [4.78, 5) is 0. The minimum Gasteiger partial charge on any atom is -0.327 e. The first-order valence-electron chi connectivity index (χ1n) is 3.98. The zero-order valence-electron chi connectivity index (χ0n) is 7.74. The summed E-state index contributed by atoms with van der Waals surface area (Å²) in [7, 11) is 1.95. The van der Waals surface area contributed by atoms with Crippen molar-refractivity contribution in [3.05, 3.63) is 11.8 Å². The third-order valence-corrected chi connectivity index (χ3v) is 2.82. The first-order chi connectivity index (χ1) is 5.59. The quantitative estimate of drug-likeness (QED) is 0.719. The van der Waals surface area contributed by atoms with E-state index >= 15 is 0 Å². The molecule has 1 heterocycles. The molecule has 0 bridgehead atoms. The van der Waals surface area contributed by atoms with Gasteiger partial charge in [0.05, 0.1) is 10.7 Å². The van der Waals surface area contributed by atoms with Crippen LogP contribution in [0.25, 0.3) is 0 Å². The normalized spacial score (nSPS) is 13.3. The van der Waals surface area contributed by atoms with Gasteiger partial charge >= 0.3 is 0 Å². The Labute approximate surface area is 77.3 Å². The van der Waals surface area contributed by atoms with Crippen LogP contribution in [0.2, 0.25) is 0 Å². The Hall–Kier alpha value is -0.480. The van der Waals surface area contributed by atoms with E-state index < -0.39 is 0 Å². The lowest BCUT2D eigenvalue weighted by atomic mass is 10.4. The van der Waals surface area contributed by atoms with Crippen molar-refractivity contribution in [2.75, 3.05) is 5.75 Å². The van der Waals surface area contributed by atoms with Crippen molar-refractivity contribution < 1.29 is 0 Å². The molecule has 0 unspecified atom stereocenters. The van der Waals surface area contributed by atoms with E-state index in [1.807, 2.05) is 25.6 Å². The Morgan fingerprint density at radius 3 is 2.83 bits per heavy atom. The summed E-state index contributed by atoms with van der Waals surface area (Å²) in [5.41, 5.74) is 6.71. The second-order valence-electron chi connectivity index (χ2n) is 3.04. The van der Waals surface area contributed by atoms with Crippen LogP contribution in [0.1, 0.15) is 12.6 Å². The molecule has 2 N–H and O–H groups in total. The molecule has 1 rings (SSSR count). The summed E-state index contributed by atoms with van der Waals surface area (Å²) in [5.74, 6) is 0.943. The zero-order chi connectivity index (χ0) is 9.14. The smallest absolute Gasteiger partial charge is 0.0939 e. The second kappa shape index (κ2) is 3.96. The zero-order valence-corrected chi connectivity index (χ0v) is 8.56. The average Bonchev–Trinajstić information content (AvgIpc) is 2.26. The van der Waals surface area contributed by atoms with Crippen molar-refractivity contribution in [3.63, 3.8) is 0 Å². The van der Waals surface area contributed by atoms with Gasteiger partial charge in [0.15, 0.2) is 0 Å². The molecular weight excluding hydrogens is 170 g/mol. The van der Waals surface area contributed by atoms with Gasteiger partial charge in [-0.25, -0.2) is 0 Å². The summed E-state index contributed by atoms with van der Waals surface area (Å²) >= 11 is 1.75. The molecule has 4 heteroatoms. The lowest BCUT2D eigenvalue weighted by Gasteiger charge is -2.03. The van der Waals surface area contributed by atoms with E-state index in [1.165, 1.54) is 5.03 Å². The number of rotatable bonds is 3. The fourth-order valence-electron chi connectivity index (χ4n) is 0.939. The fourth-order valence-corrected chi connectivity index (χ4v) is 1.85. The number of nitrogens with two attached hydrogens (primary N) is 1. The Bertz CT molecular complexity index is 255. The van der Waals surface area contributed by atoms with Crippen molar-refractivity contribution in [1.82, 2.24) is 9.78 Å². The largest absolute Gasteiger partial charge is 0.327 e. The summed E-state index contributed by atoms with van der Waals surface area (Å²) in [6.07, 6.45) is 0. The maximum Gasteiger partial charge on any atom is 0.0939 e. The number of aromatic nitrogens is 2. The fraction of sp³-hybridized carbons (Fsp3) is 0.625. The van der Waals surface area contributed by atoms with Crippen molar-refractivity contribution in [2.24, 2.45) is 12.8 Å². The monoisotopic (exact) mass is 185 g/mol. The molecule has 3 nitrogen and oxygen atoms in total. The third kappa shape index (κ3) is 2.53. The van der Waals surface area contributed by atoms with Crippen LogP contribution >= 0.6 is 11.8 Å². The van der Waals surface area contributed by atoms with E-state index in [0.717, 1.165) is 11.4 Å². The van der Waals surface area contributed by atoms with Gasteiger partial charge in [-0.2, -0.15) is 5.10 Å². The number of thioether (sulfide) groups is 1. The van der Waals surface area contributed by atoms with E-state index in [9.17, 15) is 0 Å². The molecule has 0 aliphatic rings. The molecule has 0 saturated carbocycles. The van der Waals surface area contributed by atoms with Crippen molar-refractivity contribution in [1.29, 1.82) is 0 Å². The van der Waals surface area contributed by atoms with Gasteiger partial charge in [0.1, 0.15) is 0 Å². The van der Waals surface area contributed by atoms with Crippen molar-refractivity contribution >= 4 is 11.8 Å². The van der Waals surface area contributed by atoms with E-state index in [4.69, 9.17) is 5.73 Å². The van der Waals surface area contributed by atoms with Crippen LogP contribution in [0, 0.1) is 6.92 Å². The van der Waals surface area contributed by atoms with E-state index in [2.05, 4.69) is 11.2 Å². The van der Waals surface area contributed by atoms with Crippen LogP contribution in [0.4, 0.5) is 0 Å². The molecule has 0 amide bonds. The lowest BCUT2D eigenvalue weighted by molar-refractivity contribution is 0.691. The van der Waals surface area contributed by atoms with Gasteiger partial charge in [-0.3, -0.25) is 4.68 Å². The van der Waals surface area contributed by atoms with Crippen molar-refractivity contribution in [2.45, 2.75) is 24.9 Å². The van der Waals surface area contributed by atoms with E-state index in [0.29, 0.717) is 0 Å². The van der Waals surface area contributed by atoms with Crippen LogP contribution < -0.4 is 5.73 Å². The van der Waals surface area contributed by atoms with E-state index in [1.54, 1.807) is 11.8 Å². The molecule has 1 aromatic heterocycles. The number of nitrogens with zero attached hydrogens (tertiary/aromatic N) is 2. The topological polar surface area (TPSA) is 43.8 Å². The molecular formula is C8H15N3S. The molecule has 1 atom stereocenters. The van der Waals surface area contributed by atoms with Gasteiger partial charge in [0.25, 0.3) is 0 Å². The molecule has 0 saturated heterocycles. The Kier molecular flexibility index (Phi) is 3.17. The lowest BCUT2D eigenvalue weighted by Crippen LogP contribution is -2.17. The third-order valence-electron chi connectivity index (χ3n) is 1.45. The summed E-state index contributed by atoms with van der Waals surface area (Å²) in [6.45, 7) is 4.01. The predicted octanol–water partition coefficient (Wildman–Crippen LogP) is 1.17. The molecule has 0 spiro atoms. The molecule has 68 valence electrons. The molecule has 0 radical (unpaired) electrons. The SMILES string of the molecule is Cc1cc(SC[C@@H](C)N)n(C)n1. The summed E-state index contributed by atoms with van der Waals surface area (Å²) in [6, 6.07) is 2.32. The molecule has 1 aromatic rings. The van der Waals surface area contributed by atoms with Crippen LogP contribution in [0.15, 0.2) is 11.1 Å². The van der Waals surface area contributed by atoms with Gasteiger partial charge < -0.3 is 5.73 Å². The number of aryl methyl sites for hydroxylation is 2. The van der Waals surface area contributed by atoms with Crippen molar-refractivity contribution in [3.8, 4) is 0 Å². The van der Waals surface area contributed by atoms with Gasteiger partial charge in [-0.05, 0) is 19.9 Å². The number of hydrogen-bond donors (Lipinski definition) is 1. The molecule has 0 aromatic carbocycles. The average molecular weight is 185 g/mol. The Morgan fingerprint density at radius 1 is 1.75 bits per heavy atom. The maximum absolute atomic E-state index is 5.65. The first kappa shape index (κ1) is 9.61. The molecule has 0 fully saturated rings. The summed E-state index contributed by atoms with van der Waals surface area (Å²) < 4.78 is 1.89. The highest BCUT2D eigenvalue weighted by molar-refractivity contribution is 7.99. The number of hydrogen-bond acceptors (Lipinski definition) is 3. The van der Waals surface area contributed by atoms with Crippen LogP contribution in [-0.4, -0.2) is 21.6 Å². The van der Waals surface area contributed by atoms with Gasteiger partial charge in [-0.15, -0.1) is 11.8 Å². The standard InChI is InChI=1S/C8H15N3S/c1-6(9)5-12-8-4-7(2)10-11(8)3/h4,6H,5,9H2,1-3H3/t6-/m1/s1. The second-order valence-corrected chi connectivity index (χ2v) is 4.08. The van der Waals surface area contributed by atoms with Gasteiger partial charge in [-0.1, -0.05) is 0 Å². The molecule has 0 aliphatic carbocycles. The predicted molar refractivity (Wildman–Crippen MR) is 52.3 cm³/mol. The minimum absolute atomic E-state index is 0.241. The first-order valence-corrected chi connectivity index (χ1v) is 4.97. The van der Waals surface area contributed by atoms with Gasteiger partial charge in [0.2, 0.25) is 0 Å². The highest BCUT2D eigenvalue weighted by Crippen LogP contribution is 2.18. The van der Waals surface area contributed by atoms with Crippen LogP contribution in [0.3, 0.4) is 0 Å². The Balaban J connectivity index is 2.57. The highest BCUT2D eigenvalue weighted by Gasteiger charge is 2.03. The highest BCUT2D eigenvalue weighted by atomic mass is 32.2. The summed E-state index contributed by atoms with van der Waals surface area (Å²) in [5, 5.41) is 5.43. The minimum atomic E-state index is 0.241. The van der Waals surface area contributed by atoms with E-state index in [-0.39, 0.29) is 6.04 Å². The molecule has 12 heavy (non-hydrogen) atoms. The maximum atomic E-state index is 5.65. The van der Waals surface area contributed by atoms with Gasteiger partial charge in [0, 0.05) is 18.8 Å².